The van der Waals surface area contributed by atoms with Gasteiger partial charge in [0.25, 0.3) is 11.2 Å². The van der Waals surface area contributed by atoms with Crippen molar-refractivity contribution in [1.29, 1.82) is 0 Å². The monoisotopic (exact) mass is 400 g/mol. The molecule has 11 nitrogen and oxygen atoms in total. The van der Waals surface area contributed by atoms with E-state index in [1.54, 1.807) is 6.92 Å². The molecule has 0 unspecified atom stereocenters. The predicted molar refractivity (Wildman–Crippen MR) is 102 cm³/mol. The maximum atomic E-state index is 13.1. The van der Waals surface area contributed by atoms with Crippen LogP contribution in [0, 0.1) is 33.0 Å². The maximum absolute atomic E-state index is 13.1. The summed E-state index contributed by atoms with van der Waals surface area (Å²) >= 11 is 0. The Morgan fingerprint density at radius 2 is 1.83 bits per heavy atom. The van der Waals surface area contributed by atoms with Crippen LogP contribution < -0.4 is 11.0 Å². The first-order valence-electron chi connectivity index (χ1n) is 8.07. The van der Waals surface area contributed by atoms with Gasteiger partial charge in [-0.25, -0.2) is 9.07 Å². The lowest BCUT2D eigenvalue weighted by Gasteiger charge is -2.01. The molecule has 3 aromatic rings. The fourth-order valence-electron chi connectivity index (χ4n) is 2.53. The third-order valence-electron chi connectivity index (χ3n) is 3.97. The van der Waals surface area contributed by atoms with Crippen molar-refractivity contribution < 1.29 is 14.2 Å². The standard InChI is InChI=1S/C17H13FN6O5/c1-10-14(17(25)22(21-10)12-4-2-11(18)3-5-12)9-19-20-15-7-6-13(23(26)27)8-16(15)24(28)29/h2-9,20-21H,1H3/b19-9+. The first kappa shape index (κ1) is 19.4. The van der Waals surface area contributed by atoms with Crippen molar-refractivity contribution in [3.63, 3.8) is 0 Å². The SMILES string of the molecule is Cc1[nH]n(-c2ccc(F)cc2)c(=O)c1/C=N/Nc1ccc([N+](=O)[O-])cc1[N+](=O)[O-]. The van der Waals surface area contributed by atoms with Crippen molar-refractivity contribution in [1.82, 2.24) is 9.78 Å². The van der Waals surface area contributed by atoms with Crippen LogP contribution in [0.2, 0.25) is 0 Å². The highest BCUT2D eigenvalue weighted by Gasteiger charge is 2.19. The summed E-state index contributed by atoms with van der Waals surface area (Å²) in [6.45, 7) is 1.62. The molecule has 148 valence electrons. The summed E-state index contributed by atoms with van der Waals surface area (Å²) in [6, 6.07) is 8.31. The van der Waals surface area contributed by atoms with Gasteiger partial charge in [0.2, 0.25) is 0 Å². The van der Waals surface area contributed by atoms with Gasteiger partial charge in [0.15, 0.2) is 0 Å². The Balaban J connectivity index is 1.88. The summed E-state index contributed by atoms with van der Waals surface area (Å²) < 4.78 is 14.3. The van der Waals surface area contributed by atoms with Crippen LogP contribution in [0.15, 0.2) is 52.4 Å². The number of nitro benzene ring substituents is 2. The largest absolute Gasteiger partial charge is 0.301 e. The van der Waals surface area contributed by atoms with Crippen LogP contribution in [-0.4, -0.2) is 25.8 Å². The molecule has 1 heterocycles. The van der Waals surface area contributed by atoms with Gasteiger partial charge in [0.05, 0.1) is 33.4 Å². The van der Waals surface area contributed by atoms with E-state index in [0.717, 1.165) is 18.2 Å². The zero-order chi connectivity index (χ0) is 21.1. The zero-order valence-corrected chi connectivity index (χ0v) is 14.8. The summed E-state index contributed by atoms with van der Waals surface area (Å²) in [5.74, 6) is -0.444. The van der Waals surface area contributed by atoms with Gasteiger partial charge >= 0.3 is 5.69 Å². The van der Waals surface area contributed by atoms with E-state index in [9.17, 15) is 29.4 Å². The highest BCUT2D eigenvalue weighted by atomic mass is 19.1. The second-order valence-electron chi connectivity index (χ2n) is 5.85. The fraction of sp³-hybridized carbons (Fsp3) is 0.0588. The van der Waals surface area contributed by atoms with E-state index >= 15 is 0 Å². The summed E-state index contributed by atoms with van der Waals surface area (Å²) in [7, 11) is 0. The Labute approximate surface area is 161 Å². The van der Waals surface area contributed by atoms with Gasteiger partial charge in [-0.15, -0.1) is 0 Å². The molecule has 0 bridgehead atoms. The summed E-state index contributed by atoms with van der Waals surface area (Å²) in [6.07, 6.45) is 1.17. The number of nitrogens with one attached hydrogen (secondary N) is 2. The van der Waals surface area contributed by atoms with E-state index in [2.05, 4.69) is 15.6 Å². The molecule has 29 heavy (non-hydrogen) atoms. The normalized spacial score (nSPS) is 11.0. The highest BCUT2D eigenvalue weighted by Crippen LogP contribution is 2.28. The van der Waals surface area contributed by atoms with Crippen molar-refractivity contribution in [3.8, 4) is 5.69 Å². The van der Waals surface area contributed by atoms with Crippen LogP contribution in [0.3, 0.4) is 0 Å². The molecule has 2 N–H and O–H groups in total. The van der Waals surface area contributed by atoms with Gasteiger partial charge in [-0.1, -0.05) is 0 Å². The third kappa shape index (κ3) is 4.00. The number of hydrogen-bond donors (Lipinski definition) is 2. The molecule has 12 heteroatoms. The molecule has 0 aliphatic carbocycles. The number of halogens is 1. The maximum Gasteiger partial charge on any atom is 0.301 e. The molecule has 0 amide bonds. The van der Waals surface area contributed by atoms with Gasteiger partial charge in [-0.2, -0.15) is 5.10 Å². The number of aromatic amines is 1. The molecule has 0 aliphatic heterocycles. The summed E-state index contributed by atoms with van der Waals surface area (Å²) in [4.78, 5) is 32.9. The molecule has 3 rings (SSSR count). The van der Waals surface area contributed by atoms with Crippen molar-refractivity contribution in [2.45, 2.75) is 6.92 Å². The number of non-ortho nitro benzene ring substituents is 1. The first-order valence-corrected chi connectivity index (χ1v) is 8.07. The molecule has 0 radical (unpaired) electrons. The van der Waals surface area contributed by atoms with Gasteiger partial charge in [0.1, 0.15) is 11.5 Å². The Morgan fingerprint density at radius 1 is 1.14 bits per heavy atom. The van der Waals surface area contributed by atoms with Crippen LogP contribution in [-0.2, 0) is 0 Å². The lowest BCUT2D eigenvalue weighted by molar-refractivity contribution is -0.393. The Kier molecular flexibility index (Phi) is 5.17. The van der Waals surface area contributed by atoms with E-state index in [4.69, 9.17) is 0 Å². The van der Waals surface area contributed by atoms with E-state index in [1.807, 2.05) is 0 Å². The summed E-state index contributed by atoms with van der Waals surface area (Å²) in [5.41, 5.74) is 1.95. The number of nitro groups is 2. The van der Waals surface area contributed by atoms with Crippen LogP contribution >= 0.6 is 0 Å². The van der Waals surface area contributed by atoms with Crippen LogP contribution in [0.4, 0.5) is 21.5 Å². The van der Waals surface area contributed by atoms with Gasteiger partial charge in [-0.05, 0) is 37.3 Å². The van der Waals surface area contributed by atoms with Crippen LogP contribution in [0.1, 0.15) is 11.3 Å². The lowest BCUT2D eigenvalue weighted by atomic mass is 10.2. The molecule has 0 spiro atoms. The van der Waals surface area contributed by atoms with Crippen molar-refractivity contribution in [2.75, 3.05) is 5.43 Å². The fourth-order valence-corrected chi connectivity index (χ4v) is 2.53. The van der Waals surface area contributed by atoms with E-state index in [-0.39, 0.29) is 11.3 Å². The number of nitrogens with zero attached hydrogens (tertiary/aromatic N) is 4. The molecule has 0 saturated heterocycles. The lowest BCUT2D eigenvalue weighted by Crippen LogP contribution is -2.17. The second kappa shape index (κ2) is 7.72. The number of aryl methyl sites for hydroxylation is 1. The molecule has 1 aromatic heterocycles. The Morgan fingerprint density at radius 3 is 2.45 bits per heavy atom. The first-order chi connectivity index (χ1) is 13.8. The number of aromatic nitrogens is 2. The zero-order valence-electron chi connectivity index (χ0n) is 14.8. The van der Waals surface area contributed by atoms with Gasteiger partial charge in [-0.3, -0.25) is 35.5 Å². The minimum Gasteiger partial charge on any atom is -0.295 e. The molecular weight excluding hydrogens is 387 g/mol. The number of hydrogen-bond acceptors (Lipinski definition) is 7. The number of anilines is 1. The van der Waals surface area contributed by atoms with Crippen molar-refractivity contribution >= 4 is 23.3 Å². The van der Waals surface area contributed by atoms with E-state index in [1.165, 1.54) is 35.2 Å². The summed E-state index contributed by atoms with van der Waals surface area (Å²) in [5, 5.41) is 28.6. The highest BCUT2D eigenvalue weighted by molar-refractivity contribution is 5.81. The smallest absolute Gasteiger partial charge is 0.295 e. The van der Waals surface area contributed by atoms with E-state index in [0.29, 0.717) is 11.4 Å². The van der Waals surface area contributed by atoms with Crippen molar-refractivity contribution in [3.05, 3.63) is 90.1 Å². The number of hydrazone groups is 1. The molecular formula is C17H13FN6O5. The molecule has 2 aromatic carbocycles. The molecule has 0 aliphatic rings. The van der Waals surface area contributed by atoms with E-state index < -0.39 is 32.6 Å². The predicted octanol–water partition coefficient (Wildman–Crippen LogP) is 2.88. The Hall–Kier alpha value is -4.35. The molecule has 0 atom stereocenters. The average Bonchev–Trinajstić information content (AvgIpc) is 2.96. The molecule has 0 saturated carbocycles. The molecule has 0 fully saturated rings. The Bertz CT molecular complexity index is 1180. The minimum atomic E-state index is -0.784. The number of benzene rings is 2. The van der Waals surface area contributed by atoms with Gasteiger partial charge < -0.3 is 0 Å². The quantitative estimate of drug-likeness (QED) is 0.369. The average molecular weight is 400 g/mol. The topological polar surface area (TPSA) is 148 Å². The minimum absolute atomic E-state index is 0.0797. The second-order valence-corrected chi connectivity index (χ2v) is 5.85. The number of H-pyrrole nitrogens is 1. The van der Waals surface area contributed by atoms with Crippen LogP contribution in [0.5, 0.6) is 0 Å². The van der Waals surface area contributed by atoms with Gasteiger partial charge in [0, 0.05) is 11.8 Å². The number of rotatable bonds is 6. The van der Waals surface area contributed by atoms with Crippen LogP contribution in [0.25, 0.3) is 5.69 Å². The third-order valence-corrected chi connectivity index (χ3v) is 3.97. The van der Waals surface area contributed by atoms with Crippen molar-refractivity contribution in [2.24, 2.45) is 5.10 Å².